The van der Waals surface area contributed by atoms with E-state index < -0.39 is 0 Å². The van der Waals surface area contributed by atoms with Gasteiger partial charge in [0.15, 0.2) is 12.4 Å². The number of aromatic amines is 1. The molecule has 6 nitrogen and oxygen atoms in total. The molecule has 0 saturated carbocycles. The second-order valence-corrected chi connectivity index (χ2v) is 7.51. The summed E-state index contributed by atoms with van der Waals surface area (Å²) in [5.74, 6) is 1.53. The Hall–Kier alpha value is -2.60. The van der Waals surface area contributed by atoms with E-state index in [0.717, 1.165) is 54.1 Å². The molecule has 27 heavy (non-hydrogen) atoms. The third-order valence-electron chi connectivity index (χ3n) is 5.53. The van der Waals surface area contributed by atoms with Gasteiger partial charge in [0.1, 0.15) is 5.82 Å². The second-order valence-electron chi connectivity index (χ2n) is 7.51. The van der Waals surface area contributed by atoms with E-state index in [1.54, 1.807) is 12.4 Å². The zero-order valence-corrected chi connectivity index (χ0v) is 15.8. The smallest absolute Gasteiger partial charge is 0.180 e. The molecule has 6 heteroatoms. The van der Waals surface area contributed by atoms with Gasteiger partial charge in [-0.15, -0.1) is 0 Å². The van der Waals surface area contributed by atoms with E-state index >= 15 is 0 Å². The molecule has 0 aromatic carbocycles. The van der Waals surface area contributed by atoms with E-state index in [1.807, 2.05) is 18.2 Å². The van der Waals surface area contributed by atoms with E-state index in [9.17, 15) is 5.21 Å². The van der Waals surface area contributed by atoms with Crippen molar-refractivity contribution in [3.63, 3.8) is 0 Å². The van der Waals surface area contributed by atoms with E-state index in [0.29, 0.717) is 5.92 Å². The van der Waals surface area contributed by atoms with Gasteiger partial charge in [0, 0.05) is 24.9 Å². The molecule has 1 saturated heterocycles. The first-order chi connectivity index (χ1) is 13.2. The van der Waals surface area contributed by atoms with Crippen molar-refractivity contribution in [2.45, 2.75) is 31.6 Å². The van der Waals surface area contributed by atoms with Crippen LogP contribution < -0.4 is 10.0 Å². The van der Waals surface area contributed by atoms with Crippen molar-refractivity contribution in [2.24, 2.45) is 0 Å². The van der Waals surface area contributed by atoms with Gasteiger partial charge in [-0.25, -0.2) is 4.98 Å². The highest BCUT2D eigenvalue weighted by Crippen LogP contribution is 2.32. The number of nitrogens with zero attached hydrogens (tertiary/aromatic N) is 3. The molecule has 0 aliphatic carbocycles. The number of likely N-dealkylation sites (tertiary alicyclic amines) is 1. The number of H-pyrrole nitrogens is 1. The van der Waals surface area contributed by atoms with Crippen LogP contribution in [0.4, 0.5) is 5.82 Å². The monoisotopic (exact) mass is 365 g/mol. The molecule has 3 aromatic rings. The quantitative estimate of drug-likeness (QED) is 0.400. The fraction of sp³-hybridized carbons (Fsp3) is 0.429. The summed E-state index contributed by atoms with van der Waals surface area (Å²) in [6, 6.07) is 7.92. The second kappa shape index (κ2) is 7.96. The van der Waals surface area contributed by atoms with Gasteiger partial charge in [0.2, 0.25) is 0 Å². The maximum Gasteiger partial charge on any atom is 0.180 e. The lowest BCUT2D eigenvalue weighted by molar-refractivity contribution is -0.605. The summed E-state index contributed by atoms with van der Waals surface area (Å²) in [7, 11) is 2.19. The first kappa shape index (κ1) is 17.8. The first-order valence-corrected chi connectivity index (χ1v) is 9.77. The molecule has 1 aliphatic rings. The van der Waals surface area contributed by atoms with Crippen LogP contribution in [0, 0.1) is 5.21 Å². The summed E-state index contributed by atoms with van der Waals surface area (Å²) in [6.45, 7) is 3.17. The minimum Gasteiger partial charge on any atom is -0.619 e. The van der Waals surface area contributed by atoms with Crippen molar-refractivity contribution in [1.82, 2.24) is 14.9 Å². The number of piperidine rings is 1. The molecular formula is C21H27N5O. The van der Waals surface area contributed by atoms with Crippen molar-refractivity contribution in [3.05, 3.63) is 59.2 Å². The average molecular weight is 365 g/mol. The molecule has 0 spiro atoms. The lowest BCUT2D eigenvalue weighted by Gasteiger charge is -2.28. The molecule has 1 fully saturated rings. The van der Waals surface area contributed by atoms with Gasteiger partial charge in [-0.05, 0) is 75.0 Å². The topological polar surface area (TPSA) is 70.9 Å². The summed E-state index contributed by atoms with van der Waals surface area (Å²) in [6.07, 6.45) is 9.59. The Kier molecular flexibility index (Phi) is 5.25. The van der Waals surface area contributed by atoms with Crippen molar-refractivity contribution in [2.75, 3.05) is 32.0 Å². The van der Waals surface area contributed by atoms with Crippen LogP contribution in [0.15, 0.2) is 42.9 Å². The van der Waals surface area contributed by atoms with Crippen LogP contribution in [0.25, 0.3) is 11.0 Å². The molecule has 2 N–H and O–H groups in total. The van der Waals surface area contributed by atoms with Crippen LogP contribution in [0.5, 0.6) is 0 Å². The Morgan fingerprint density at radius 1 is 1.22 bits per heavy atom. The molecule has 0 atom stereocenters. The number of pyridine rings is 2. The third-order valence-corrected chi connectivity index (χ3v) is 5.53. The van der Waals surface area contributed by atoms with Gasteiger partial charge >= 0.3 is 0 Å². The summed E-state index contributed by atoms with van der Waals surface area (Å²) in [5, 5.41) is 14.5. The van der Waals surface area contributed by atoms with E-state index in [2.05, 4.69) is 34.5 Å². The van der Waals surface area contributed by atoms with Gasteiger partial charge in [-0.3, -0.25) is 0 Å². The lowest BCUT2D eigenvalue weighted by atomic mass is 9.91. The number of rotatable bonds is 6. The van der Waals surface area contributed by atoms with Gasteiger partial charge < -0.3 is 20.4 Å². The van der Waals surface area contributed by atoms with Gasteiger partial charge in [-0.1, -0.05) is 0 Å². The molecule has 0 bridgehead atoms. The SMILES string of the molecule is CN1CCC(c2c[nH]c3ccc(NCCCc4cc[n+]([O-])cc4)nc23)CC1. The van der Waals surface area contributed by atoms with Crippen LogP contribution in [-0.2, 0) is 6.42 Å². The average Bonchev–Trinajstić information content (AvgIpc) is 3.10. The molecule has 4 heterocycles. The number of hydrogen-bond acceptors (Lipinski definition) is 4. The molecule has 0 unspecified atom stereocenters. The number of aromatic nitrogens is 3. The van der Waals surface area contributed by atoms with Crippen molar-refractivity contribution in [3.8, 4) is 0 Å². The number of anilines is 1. The van der Waals surface area contributed by atoms with Gasteiger partial charge in [0.25, 0.3) is 0 Å². The predicted octanol–water partition coefficient (Wildman–Crippen LogP) is 3.05. The third kappa shape index (κ3) is 4.22. The van der Waals surface area contributed by atoms with E-state index in [1.165, 1.54) is 24.0 Å². The van der Waals surface area contributed by atoms with E-state index in [-0.39, 0.29) is 0 Å². The van der Waals surface area contributed by atoms with Gasteiger partial charge in [-0.2, -0.15) is 4.73 Å². The normalized spacial score (nSPS) is 16.0. The molecule has 3 aromatic heterocycles. The number of aryl methyl sites for hydroxylation is 1. The zero-order chi connectivity index (χ0) is 18.6. The summed E-state index contributed by atoms with van der Waals surface area (Å²) in [4.78, 5) is 10.7. The van der Waals surface area contributed by atoms with Gasteiger partial charge in [0.05, 0.1) is 11.0 Å². The number of nitrogens with one attached hydrogen (secondary N) is 2. The van der Waals surface area contributed by atoms with Crippen LogP contribution in [-0.4, -0.2) is 41.5 Å². The molecular weight excluding hydrogens is 338 g/mol. The predicted molar refractivity (Wildman–Crippen MR) is 108 cm³/mol. The van der Waals surface area contributed by atoms with Crippen molar-refractivity contribution >= 4 is 16.9 Å². The van der Waals surface area contributed by atoms with Crippen LogP contribution >= 0.6 is 0 Å². The Morgan fingerprint density at radius 3 is 2.78 bits per heavy atom. The standard InChI is InChI=1S/C21H27N5O/c1-25-11-8-17(9-12-25)18-15-23-19-4-5-20(24-21(18)19)22-10-2-3-16-6-13-26(27)14-7-16/h4-7,13-15,17,23H,2-3,8-12H2,1H3,(H,22,24). The molecule has 4 rings (SSSR count). The molecule has 0 amide bonds. The Morgan fingerprint density at radius 2 is 2.00 bits per heavy atom. The van der Waals surface area contributed by atoms with Crippen molar-refractivity contribution < 1.29 is 4.73 Å². The Labute approximate surface area is 159 Å². The highest BCUT2D eigenvalue weighted by molar-refractivity contribution is 5.81. The van der Waals surface area contributed by atoms with Crippen LogP contribution in [0.1, 0.15) is 36.3 Å². The minimum absolute atomic E-state index is 0.597. The highest BCUT2D eigenvalue weighted by Gasteiger charge is 2.21. The van der Waals surface area contributed by atoms with Crippen LogP contribution in [0.3, 0.4) is 0 Å². The fourth-order valence-corrected chi connectivity index (χ4v) is 3.87. The zero-order valence-electron chi connectivity index (χ0n) is 15.8. The largest absolute Gasteiger partial charge is 0.619 e. The summed E-state index contributed by atoms with van der Waals surface area (Å²) < 4.78 is 0.819. The van der Waals surface area contributed by atoms with E-state index in [4.69, 9.17) is 4.98 Å². The molecule has 142 valence electrons. The first-order valence-electron chi connectivity index (χ1n) is 9.77. The lowest BCUT2D eigenvalue weighted by Crippen LogP contribution is -2.29. The Balaban J connectivity index is 1.37. The molecule has 0 radical (unpaired) electrons. The fourth-order valence-electron chi connectivity index (χ4n) is 3.87. The van der Waals surface area contributed by atoms with Crippen LogP contribution in [0.2, 0.25) is 0 Å². The maximum atomic E-state index is 11.1. The number of hydrogen-bond donors (Lipinski definition) is 2. The number of fused-ring (bicyclic) bond motifs is 1. The summed E-state index contributed by atoms with van der Waals surface area (Å²) >= 11 is 0. The Bertz CT molecular complexity index is 881. The minimum atomic E-state index is 0.597. The molecule has 1 aliphatic heterocycles. The maximum absolute atomic E-state index is 11.1. The summed E-state index contributed by atoms with van der Waals surface area (Å²) in [5.41, 5.74) is 4.77. The highest BCUT2D eigenvalue weighted by atomic mass is 16.5. The van der Waals surface area contributed by atoms with Crippen molar-refractivity contribution in [1.29, 1.82) is 0 Å².